The maximum Gasteiger partial charge on any atom is 0.120 e. The lowest BCUT2D eigenvalue weighted by atomic mass is 10.3. The number of thiazole rings is 1. The first-order chi connectivity index (χ1) is 8.74. The van der Waals surface area contributed by atoms with Crippen molar-refractivity contribution in [1.29, 1.82) is 0 Å². The maximum atomic E-state index is 5.92. The maximum absolute atomic E-state index is 5.92. The van der Waals surface area contributed by atoms with Crippen LogP contribution in [0.4, 0.5) is 0 Å². The predicted octanol–water partition coefficient (Wildman–Crippen LogP) is 2.26. The molecule has 0 aliphatic carbocycles. The SMILES string of the molecule is COc1ccc2nc(CN3CC[C@@H](N)C3)sc2c1.Cl. The van der Waals surface area contributed by atoms with E-state index in [1.54, 1.807) is 18.4 Å². The first-order valence-corrected chi connectivity index (χ1v) is 6.97. The molecule has 104 valence electrons. The van der Waals surface area contributed by atoms with Crippen molar-refractivity contribution in [3.63, 3.8) is 0 Å². The molecule has 2 aromatic rings. The Morgan fingerprint density at radius 3 is 3.05 bits per heavy atom. The quantitative estimate of drug-likeness (QED) is 0.944. The lowest BCUT2D eigenvalue weighted by molar-refractivity contribution is 0.326. The Kier molecular flexibility index (Phi) is 4.62. The minimum atomic E-state index is 0. The van der Waals surface area contributed by atoms with Crippen molar-refractivity contribution in [3.8, 4) is 5.75 Å². The van der Waals surface area contributed by atoms with Crippen LogP contribution < -0.4 is 10.5 Å². The van der Waals surface area contributed by atoms with Crippen LogP contribution in [0.2, 0.25) is 0 Å². The zero-order valence-corrected chi connectivity index (χ0v) is 12.5. The molecule has 0 amide bonds. The summed E-state index contributed by atoms with van der Waals surface area (Å²) in [6.45, 7) is 2.98. The average molecular weight is 300 g/mol. The van der Waals surface area contributed by atoms with Gasteiger partial charge in [-0.05, 0) is 24.6 Å². The molecule has 2 N–H and O–H groups in total. The molecule has 4 nitrogen and oxygen atoms in total. The molecule has 0 radical (unpaired) electrons. The summed E-state index contributed by atoms with van der Waals surface area (Å²) in [5, 5.41) is 1.16. The molecule has 0 unspecified atom stereocenters. The summed E-state index contributed by atoms with van der Waals surface area (Å²) in [6.07, 6.45) is 1.10. The van der Waals surface area contributed by atoms with E-state index in [0.29, 0.717) is 6.04 Å². The van der Waals surface area contributed by atoms with Gasteiger partial charge in [-0.15, -0.1) is 23.7 Å². The van der Waals surface area contributed by atoms with E-state index < -0.39 is 0 Å². The Balaban J connectivity index is 0.00000133. The Labute approximate surface area is 123 Å². The van der Waals surface area contributed by atoms with Crippen LogP contribution in [0.1, 0.15) is 11.4 Å². The van der Waals surface area contributed by atoms with E-state index in [9.17, 15) is 0 Å². The smallest absolute Gasteiger partial charge is 0.120 e. The molecule has 1 aromatic carbocycles. The second-order valence-electron chi connectivity index (χ2n) is 4.73. The summed E-state index contributed by atoms with van der Waals surface area (Å²) >= 11 is 1.74. The molecule has 1 fully saturated rings. The van der Waals surface area contributed by atoms with Crippen molar-refractivity contribution in [2.45, 2.75) is 19.0 Å². The van der Waals surface area contributed by atoms with E-state index in [2.05, 4.69) is 9.88 Å². The van der Waals surface area contributed by atoms with Crippen molar-refractivity contribution < 1.29 is 4.74 Å². The minimum Gasteiger partial charge on any atom is -0.497 e. The number of benzene rings is 1. The molecule has 0 saturated carbocycles. The third-order valence-corrected chi connectivity index (χ3v) is 4.31. The number of hydrogen-bond acceptors (Lipinski definition) is 5. The summed E-state index contributed by atoms with van der Waals surface area (Å²) in [6, 6.07) is 6.35. The number of rotatable bonds is 3. The number of nitrogens with two attached hydrogens (primary N) is 1. The molecule has 1 atom stereocenters. The van der Waals surface area contributed by atoms with E-state index in [1.165, 1.54) is 4.70 Å². The van der Waals surface area contributed by atoms with Crippen LogP contribution in [-0.4, -0.2) is 36.1 Å². The zero-order chi connectivity index (χ0) is 12.5. The number of likely N-dealkylation sites (tertiary alicyclic amines) is 1. The van der Waals surface area contributed by atoms with E-state index >= 15 is 0 Å². The van der Waals surface area contributed by atoms with Crippen LogP contribution in [-0.2, 0) is 6.54 Å². The van der Waals surface area contributed by atoms with E-state index in [4.69, 9.17) is 10.5 Å². The monoisotopic (exact) mass is 299 g/mol. The Morgan fingerprint density at radius 1 is 1.53 bits per heavy atom. The normalized spacial score (nSPS) is 19.6. The molecule has 1 aliphatic rings. The fourth-order valence-electron chi connectivity index (χ4n) is 2.34. The molecular weight excluding hydrogens is 282 g/mol. The highest BCUT2D eigenvalue weighted by atomic mass is 35.5. The van der Waals surface area contributed by atoms with Gasteiger partial charge in [0.2, 0.25) is 0 Å². The van der Waals surface area contributed by atoms with Gasteiger partial charge in [-0.25, -0.2) is 4.98 Å². The largest absolute Gasteiger partial charge is 0.497 e. The van der Waals surface area contributed by atoms with Gasteiger partial charge in [0.1, 0.15) is 10.8 Å². The fourth-order valence-corrected chi connectivity index (χ4v) is 3.38. The number of fused-ring (bicyclic) bond motifs is 1. The molecule has 1 aromatic heterocycles. The highest BCUT2D eigenvalue weighted by molar-refractivity contribution is 7.18. The fraction of sp³-hybridized carbons (Fsp3) is 0.462. The van der Waals surface area contributed by atoms with Gasteiger partial charge in [0.05, 0.1) is 23.9 Å². The molecule has 1 aliphatic heterocycles. The van der Waals surface area contributed by atoms with E-state index in [1.807, 2.05) is 18.2 Å². The van der Waals surface area contributed by atoms with Crippen molar-refractivity contribution >= 4 is 34.0 Å². The van der Waals surface area contributed by atoms with Gasteiger partial charge >= 0.3 is 0 Å². The zero-order valence-electron chi connectivity index (χ0n) is 10.8. The number of ether oxygens (including phenoxy) is 1. The van der Waals surface area contributed by atoms with Crippen LogP contribution >= 0.6 is 23.7 Å². The minimum absolute atomic E-state index is 0. The highest BCUT2D eigenvalue weighted by Crippen LogP contribution is 2.27. The third-order valence-electron chi connectivity index (χ3n) is 3.31. The Morgan fingerprint density at radius 2 is 2.37 bits per heavy atom. The average Bonchev–Trinajstić information content (AvgIpc) is 2.94. The summed E-state index contributed by atoms with van der Waals surface area (Å²) in [4.78, 5) is 7.03. The van der Waals surface area contributed by atoms with Crippen molar-refractivity contribution in [3.05, 3.63) is 23.2 Å². The topological polar surface area (TPSA) is 51.4 Å². The standard InChI is InChI=1S/C13H17N3OS.ClH/c1-17-10-2-3-11-12(6-10)18-13(15-11)8-16-5-4-9(14)7-16;/h2-3,6,9H,4-5,7-8,14H2,1H3;1H/t9-;/m1./s1. The highest BCUT2D eigenvalue weighted by Gasteiger charge is 2.20. The van der Waals surface area contributed by atoms with Gasteiger partial charge in [-0.1, -0.05) is 0 Å². The van der Waals surface area contributed by atoms with Gasteiger partial charge < -0.3 is 10.5 Å². The van der Waals surface area contributed by atoms with Crippen molar-refractivity contribution in [2.75, 3.05) is 20.2 Å². The Hall–Kier alpha value is -0.880. The third kappa shape index (κ3) is 3.17. The first-order valence-electron chi connectivity index (χ1n) is 6.16. The summed E-state index contributed by atoms with van der Waals surface area (Å²) < 4.78 is 6.42. The summed E-state index contributed by atoms with van der Waals surface area (Å²) in [5.74, 6) is 0.890. The van der Waals surface area contributed by atoms with Crippen LogP contribution in [0, 0.1) is 0 Å². The van der Waals surface area contributed by atoms with E-state index in [-0.39, 0.29) is 12.4 Å². The number of halogens is 1. The molecule has 6 heteroatoms. The van der Waals surface area contributed by atoms with Gasteiger partial charge in [0.15, 0.2) is 0 Å². The molecule has 1 saturated heterocycles. The number of hydrogen-bond donors (Lipinski definition) is 1. The van der Waals surface area contributed by atoms with Gasteiger partial charge in [-0.3, -0.25) is 4.90 Å². The first kappa shape index (κ1) is 14.5. The van der Waals surface area contributed by atoms with Gasteiger partial charge in [-0.2, -0.15) is 0 Å². The predicted molar refractivity (Wildman–Crippen MR) is 81.3 cm³/mol. The second-order valence-corrected chi connectivity index (χ2v) is 5.84. The van der Waals surface area contributed by atoms with Crippen LogP contribution in [0.5, 0.6) is 5.75 Å². The molecule has 19 heavy (non-hydrogen) atoms. The van der Waals surface area contributed by atoms with Crippen LogP contribution in [0.25, 0.3) is 10.2 Å². The number of aromatic nitrogens is 1. The van der Waals surface area contributed by atoms with Crippen LogP contribution in [0.15, 0.2) is 18.2 Å². The van der Waals surface area contributed by atoms with E-state index in [0.717, 1.165) is 42.3 Å². The van der Waals surface area contributed by atoms with Crippen molar-refractivity contribution in [1.82, 2.24) is 9.88 Å². The van der Waals surface area contributed by atoms with Gasteiger partial charge in [0, 0.05) is 19.1 Å². The molecule has 0 bridgehead atoms. The molecule has 0 spiro atoms. The number of methoxy groups -OCH3 is 1. The van der Waals surface area contributed by atoms with Crippen LogP contribution in [0.3, 0.4) is 0 Å². The van der Waals surface area contributed by atoms with Crippen molar-refractivity contribution in [2.24, 2.45) is 5.73 Å². The summed E-state index contributed by atoms with van der Waals surface area (Å²) in [7, 11) is 1.69. The lowest BCUT2D eigenvalue weighted by Crippen LogP contribution is -2.26. The van der Waals surface area contributed by atoms with Gasteiger partial charge in [0.25, 0.3) is 0 Å². The Bertz CT molecular complexity index is 560. The molecular formula is C13H18ClN3OS. The number of nitrogens with zero attached hydrogens (tertiary/aromatic N) is 2. The molecule has 2 heterocycles. The summed E-state index contributed by atoms with van der Waals surface area (Å²) in [5.41, 5.74) is 6.97. The molecule has 3 rings (SSSR count). The lowest BCUT2D eigenvalue weighted by Gasteiger charge is -2.12. The second kappa shape index (κ2) is 6.05.